The first-order valence-electron chi connectivity index (χ1n) is 4.98. The first kappa shape index (κ1) is 14.4. The van der Waals surface area contributed by atoms with Crippen molar-refractivity contribution >= 4 is 17.8 Å². The normalized spacial score (nSPS) is 11.8. The number of carbonyl (C=O) groups excluding carboxylic acids is 2. The Morgan fingerprint density at radius 1 is 1.25 bits per heavy atom. The van der Waals surface area contributed by atoms with E-state index in [0.29, 0.717) is 13.0 Å². The Bertz CT molecular complexity index is 267. The molecular formula is C9H17N3O4. The summed E-state index contributed by atoms with van der Waals surface area (Å²) in [5.41, 5.74) is 10.1. The van der Waals surface area contributed by atoms with Crippen LogP contribution in [0.15, 0.2) is 0 Å². The van der Waals surface area contributed by atoms with Gasteiger partial charge >= 0.3 is 5.97 Å². The van der Waals surface area contributed by atoms with Crippen LogP contribution in [0, 0.1) is 0 Å². The van der Waals surface area contributed by atoms with Crippen LogP contribution in [-0.2, 0) is 14.4 Å². The molecular weight excluding hydrogens is 214 g/mol. The number of carboxylic acid groups (broad SMARTS) is 1. The van der Waals surface area contributed by atoms with Crippen molar-refractivity contribution in [1.82, 2.24) is 5.32 Å². The highest BCUT2D eigenvalue weighted by molar-refractivity contribution is 5.84. The number of carboxylic acids is 1. The van der Waals surface area contributed by atoms with E-state index in [4.69, 9.17) is 16.6 Å². The van der Waals surface area contributed by atoms with E-state index in [1.807, 2.05) is 0 Å². The molecule has 6 N–H and O–H groups in total. The van der Waals surface area contributed by atoms with Gasteiger partial charge in [-0.2, -0.15) is 0 Å². The molecule has 0 aliphatic carbocycles. The van der Waals surface area contributed by atoms with Gasteiger partial charge < -0.3 is 21.9 Å². The zero-order valence-electron chi connectivity index (χ0n) is 8.94. The lowest BCUT2D eigenvalue weighted by molar-refractivity contribution is -0.142. The van der Waals surface area contributed by atoms with Gasteiger partial charge in [-0.1, -0.05) is 0 Å². The second-order valence-corrected chi connectivity index (χ2v) is 3.36. The summed E-state index contributed by atoms with van der Waals surface area (Å²) >= 11 is 0. The maximum atomic E-state index is 11.2. The maximum absolute atomic E-state index is 11.2. The summed E-state index contributed by atoms with van der Waals surface area (Å²) in [4.78, 5) is 32.4. The molecule has 0 fully saturated rings. The van der Waals surface area contributed by atoms with Gasteiger partial charge in [0.15, 0.2) is 0 Å². The quantitative estimate of drug-likeness (QED) is 0.405. The Hall–Kier alpha value is -1.63. The molecule has 0 aromatic carbocycles. The predicted molar refractivity (Wildman–Crippen MR) is 56.3 cm³/mol. The summed E-state index contributed by atoms with van der Waals surface area (Å²) < 4.78 is 0. The summed E-state index contributed by atoms with van der Waals surface area (Å²) in [7, 11) is 0. The summed E-state index contributed by atoms with van der Waals surface area (Å²) in [6, 6.07) is -1.07. The van der Waals surface area contributed by atoms with Crippen molar-refractivity contribution in [1.29, 1.82) is 0 Å². The molecule has 0 aliphatic rings. The third-order valence-electron chi connectivity index (χ3n) is 1.92. The fourth-order valence-electron chi connectivity index (χ4n) is 1.07. The van der Waals surface area contributed by atoms with Crippen molar-refractivity contribution < 1.29 is 19.5 Å². The lowest BCUT2D eigenvalue weighted by Gasteiger charge is -2.13. The van der Waals surface area contributed by atoms with Gasteiger partial charge in [0, 0.05) is 12.8 Å². The molecule has 1 atom stereocenters. The molecule has 16 heavy (non-hydrogen) atoms. The van der Waals surface area contributed by atoms with Crippen molar-refractivity contribution in [3.63, 3.8) is 0 Å². The molecule has 0 unspecified atom stereocenters. The first-order chi connectivity index (χ1) is 7.47. The summed E-state index contributed by atoms with van der Waals surface area (Å²) in [5, 5.41) is 11.1. The highest BCUT2D eigenvalue weighted by Gasteiger charge is 2.19. The van der Waals surface area contributed by atoms with Crippen molar-refractivity contribution in [3.8, 4) is 0 Å². The van der Waals surface area contributed by atoms with E-state index in [9.17, 15) is 14.4 Å². The fourth-order valence-corrected chi connectivity index (χ4v) is 1.07. The fraction of sp³-hybridized carbons (Fsp3) is 0.667. The van der Waals surface area contributed by atoms with Crippen LogP contribution < -0.4 is 16.8 Å². The molecule has 7 heteroatoms. The van der Waals surface area contributed by atoms with E-state index in [0.717, 1.165) is 0 Å². The number of hydrogen-bond acceptors (Lipinski definition) is 4. The summed E-state index contributed by atoms with van der Waals surface area (Å²) in [6.07, 6.45) is 0.595. The monoisotopic (exact) mass is 231 g/mol. The first-order valence-corrected chi connectivity index (χ1v) is 4.98. The number of primary amides is 1. The maximum Gasteiger partial charge on any atom is 0.326 e. The average molecular weight is 231 g/mol. The van der Waals surface area contributed by atoms with Gasteiger partial charge in [-0.25, -0.2) is 4.79 Å². The van der Waals surface area contributed by atoms with Crippen molar-refractivity contribution in [3.05, 3.63) is 0 Å². The smallest absolute Gasteiger partial charge is 0.326 e. The SMILES string of the molecule is NCCCC(=O)N[C@H](CCC(N)=O)C(=O)O. The largest absolute Gasteiger partial charge is 0.480 e. The topological polar surface area (TPSA) is 136 Å². The van der Waals surface area contributed by atoms with Crippen LogP contribution in [0.25, 0.3) is 0 Å². The third kappa shape index (κ3) is 6.77. The van der Waals surface area contributed by atoms with Crippen LogP contribution in [0.5, 0.6) is 0 Å². The molecule has 0 radical (unpaired) electrons. The molecule has 2 amide bonds. The number of nitrogens with two attached hydrogens (primary N) is 2. The molecule has 92 valence electrons. The zero-order chi connectivity index (χ0) is 12.6. The Kier molecular flexibility index (Phi) is 6.86. The molecule has 7 nitrogen and oxygen atoms in total. The van der Waals surface area contributed by atoms with Crippen LogP contribution in [-0.4, -0.2) is 35.5 Å². The van der Waals surface area contributed by atoms with Crippen LogP contribution in [0.2, 0.25) is 0 Å². The Morgan fingerprint density at radius 2 is 1.88 bits per heavy atom. The third-order valence-corrected chi connectivity index (χ3v) is 1.92. The molecule has 0 aliphatic heterocycles. The Morgan fingerprint density at radius 3 is 2.31 bits per heavy atom. The molecule has 0 heterocycles. The second-order valence-electron chi connectivity index (χ2n) is 3.36. The van der Waals surface area contributed by atoms with E-state index in [1.54, 1.807) is 0 Å². The highest BCUT2D eigenvalue weighted by Crippen LogP contribution is 1.98. The second kappa shape index (κ2) is 7.63. The van der Waals surface area contributed by atoms with Crippen molar-refractivity contribution in [2.75, 3.05) is 6.54 Å². The molecule has 0 aromatic heterocycles. The number of rotatable bonds is 8. The van der Waals surface area contributed by atoms with Crippen LogP contribution >= 0.6 is 0 Å². The zero-order valence-corrected chi connectivity index (χ0v) is 8.94. The van der Waals surface area contributed by atoms with E-state index < -0.39 is 17.9 Å². The lowest BCUT2D eigenvalue weighted by Crippen LogP contribution is -2.41. The summed E-state index contributed by atoms with van der Waals surface area (Å²) in [6.45, 7) is 0.368. The van der Waals surface area contributed by atoms with E-state index in [-0.39, 0.29) is 25.2 Å². The Balaban J connectivity index is 4.07. The number of nitrogens with one attached hydrogen (secondary N) is 1. The molecule has 0 saturated heterocycles. The highest BCUT2D eigenvalue weighted by atomic mass is 16.4. The van der Waals surface area contributed by atoms with E-state index in [2.05, 4.69) is 5.32 Å². The standard InChI is InChI=1S/C9H17N3O4/c10-5-1-2-8(14)12-6(9(15)16)3-4-7(11)13/h6H,1-5,10H2,(H2,11,13)(H,12,14)(H,15,16)/t6-/m1/s1. The van der Waals surface area contributed by atoms with Gasteiger partial charge in [0.25, 0.3) is 0 Å². The van der Waals surface area contributed by atoms with Gasteiger partial charge in [0.05, 0.1) is 0 Å². The van der Waals surface area contributed by atoms with Gasteiger partial charge in [0.1, 0.15) is 6.04 Å². The predicted octanol–water partition coefficient (Wildman–Crippen LogP) is -1.44. The number of amides is 2. The van der Waals surface area contributed by atoms with E-state index in [1.165, 1.54) is 0 Å². The number of hydrogen-bond donors (Lipinski definition) is 4. The van der Waals surface area contributed by atoms with Crippen molar-refractivity contribution in [2.45, 2.75) is 31.7 Å². The molecule has 0 bridgehead atoms. The van der Waals surface area contributed by atoms with Crippen LogP contribution in [0.3, 0.4) is 0 Å². The molecule has 0 aromatic rings. The number of carbonyl (C=O) groups is 3. The summed E-state index contributed by atoms with van der Waals surface area (Å²) in [5.74, 6) is -2.16. The minimum atomic E-state index is -1.18. The molecule has 0 spiro atoms. The molecule has 0 saturated carbocycles. The van der Waals surface area contributed by atoms with E-state index >= 15 is 0 Å². The van der Waals surface area contributed by atoms with Gasteiger partial charge in [0.2, 0.25) is 11.8 Å². The lowest BCUT2D eigenvalue weighted by atomic mass is 10.1. The Labute approximate surface area is 93.2 Å². The van der Waals surface area contributed by atoms with Gasteiger partial charge in [-0.15, -0.1) is 0 Å². The van der Waals surface area contributed by atoms with Crippen LogP contribution in [0.4, 0.5) is 0 Å². The van der Waals surface area contributed by atoms with Gasteiger partial charge in [-0.3, -0.25) is 9.59 Å². The minimum absolute atomic E-state index is 0.000961. The van der Waals surface area contributed by atoms with Gasteiger partial charge in [-0.05, 0) is 19.4 Å². The average Bonchev–Trinajstić information content (AvgIpc) is 2.20. The van der Waals surface area contributed by atoms with Crippen LogP contribution in [0.1, 0.15) is 25.7 Å². The van der Waals surface area contributed by atoms with Crippen molar-refractivity contribution in [2.24, 2.45) is 11.5 Å². The number of aliphatic carboxylic acids is 1. The minimum Gasteiger partial charge on any atom is -0.480 e. The molecule has 0 rings (SSSR count).